The van der Waals surface area contributed by atoms with E-state index in [0.29, 0.717) is 15.8 Å². The fourth-order valence-electron chi connectivity index (χ4n) is 2.22. The van der Waals surface area contributed by atoms with Gasteiger partial charge < -0.3 is 9.72 Å². The van der Waals surface area contributed by atoms with E-state index >= 15 is 0 Å². The Morgan fingerprint density at radius 1 is 1.17 bits per heavy atom. The Morgan fingerprint density at radius 2 is 1.87 bits per heavy atom. The minimum Gasteiger partial charge on any atom is -0.461 e. The first-order valence-corrected chi connectivity index (χ1v) is 7.82. The van der Waals surface area contributed by atoms with Gasteiger partial charge in [0.25, 0.3) is 0 Å². The molecule has 0 radical (unpaired) electrons. The smallest absolute Gasteiger partial charge is 0.355 e. The van der Waals surface area contributed by atoms with Gasteiger partial charge in [0, 0.05) is 16.3 Å². The fraction of sp³-hybridized carbons (Fsp3) is 0.118. The second-order valence-electron chi connectivity index (χ2n) is 4.78. The lowest BCUT2D eigenvalue weighted by Gasteiger charge is -2.04. The van der Waals surface area contributed by atoms with Gasteiger partial charge in [-0.25, -0.2) is 13.6 Å². The number of ether oxygens (including phenoxy) is 1. The fourth-order valence-corrected chi connectivity index (χ4v) is 3.27. The van der Waals surface area contributed by atoms with E-state index in [2.05, 4.69) is 4.98 Å². The van der Waals surface area contributed by atoms with Gasteiger partial charge in [0.05, 0.1) is 17.0 Å². The second-order valence-corrected chi connectivity index (χ2v) is 5.86. The summed E-state index contributed by atoms with van der Waals surface area (Å²) in [6.07, 6.45) is 0. The summed E-state index contributed by atoms with van der Waals surface area (Å²) in [7, 11) is 0. The van der Waals surface area contributed by atoms with Crippen molar-refractivity contribution in [2.45, 2.75) is 16.7 Å². The van der Waals surface area contributed by atoms with Crippen LogP contribution < -0.4 is 0 Å². The summed E-state index contributed by atoms with van der Waals surface area (Å²) >= 11 is 1.30. The number of carbonyl (C=O) groups is 1. The van der Waals surface area contributed by atoms with Crippen LogP contribution in [0.2, 0.25) is 0 Å². The van der Waals surface area contributed by atoms with Crippen LogP contribution in [0.4, 0.5) is 8.78 Å². The molecular weight excluding hydrogens is 320 g/mol. The molecule has 0 saturated carbocycles. The summed E-state index contributed by atoms with van der Waals surface area (Å²) in [5.74, 6) is -2.48. The molecule has 0 unspecified atom stereocenters. The zero-order valence-corrected chi connectivity index (χ0v) is 13.0. The molecule has 0 atom stereocenters. The number of fused-ring (bicyclic) bond motifs is 1. The van der Waals surface area contributed by atoms with Crippen LogP contribution in [0, 0.1) is 11.6 Å². The van der Waals surface area contributed by atoms with E-state index < -0.39 is 17.6 Å². The first kappa shape index (κ1) is 15.6. The maximum Gasteiger partial charge on any atom is 0.355 e. The van der Waals surface area contributed by atoms with Gasteiger partial charge in [0.2, 0.25) is 0 Å². The second kappa shape index (κ2) is 6.42. The molecule has 0 fully saturated rings. The maximum atomic E-state index is 13.6. The third kappa shape index (κ3) is 3.07. The van der Waals surface area contributed by atoms with E-state index in [1.165, 1.54) is 11.8 Å². The Morgan fingerprint density at radius 3 is 2.57 bits per heavy atom. The number of rotatable bonds is 4. The lowest BCUT2D eigenvalue weighted by molar-refractivity contribution is 0.0516. The zero-order valence-electron chi connectivity index (χ0n) is 12.2. The van der Waals surface area contributed by atoms with Crippen molar-refractivity contribution in [3.63, 3.8) is 0 Å². The van der Waals surface area contributed by atoms with Crippen molar-refractivity contribution in [2.24, 2.45) is 0 Å². The van der Waals surface area contributed by atoms with Crippen molar-refractivity contribution < 1.29 is 18.3 Å². The number of hydrogen-bond donors (Lipinski definition) is 1. The molecule has 0 saturated heterocycles. The number of benzene rings is 2. The molecule has 1 heterocycles. The van der Waals surface area contributed by atoms with Crippen LogP contribution in [0.25, 0.3) is 10.9 Å². The molecule has 23 heavy (non-hydrogen) atoms. The van der Waals surface area contributed by atoms with E-state index in [1.54, 1.807) is 6.92 Å². The summed E-state index contributed by atoms with van der Waals surface area (Å²) in [6, 6.07) is 11.5. The Labute approximate surface area is 135 Å². The Hall–Kier alpha value is -2.34. The Kier molecular flexibility index (Phi) is 4.34. The molecule has 0 spiro atoms. The molecule has 118 valence electrons. The monoisotopic (exact) mass is 333 g/mol. The molecular formula is C17H13F2NO2S. The van der Waals surface area contributed by atoms with Crippen LogP contribution in [-0.4, -0.2) is 17.6 Å². The van der Waals surface area contributed by atoms with Gasteiger partial charge in [0.15, 0.2) is 11.6 Å². The SMILES string of the molecule is CCOC(=O)c1[nH]c2cc(F)c(F)cc2c1Sc1ccccc1. The summed E-state index contributed by atoms with van der Waals surface area (Å²) in [4.78, 5) is 16.4. The normalized spacial score (nSPS) is 10.9. The largest absolute Gasteiger partial charge is 0.461 e. The summed E-state index contributed by atoms with van der Waals surface area (Å²) in [5, 5.41) is 0.445. The highest BCUT2D eigenvalue weighted by atomic mass is 32.2. The third-order valence-corrected chi connectivity index (χ3v) is 4.37. The highest BCUT2D eigenvalue weighted by molar-refractivity contribution is 7.99. The Balaban J connectivity index is 2.16. The van der Waals surface area contributed by atoms with E-state index in [9.17, 15) is 13.6 Å². The van der Waals surface area contributed by atoms with Gasteiger partial charge >= 0.3 is 5.97 Å². The van der Waals surface area contributed by atoms with E-state index in [4.69, 9.17) is 4.74 Å². The van der Waals surface area contributed by atoms with Crippen molar-refractivity contribution in [3.8, 4) is 0 Å². The molecule has 2 aromatic carbocycles. The molecule has 6 heteroatoms. The third-order valence-electron chi connectivity index (χ3n) is 3.23. The molecule has 0 amide bonds. The van der Waals surface area contributed by atoms with Crippen molar-refractivity contribution in [1.29, 1.82) is 0 Å². The van der Waals surface area contributed by atoms with Crippen LogP contribution in [-0.2, 0) is 4.74 Å². The summed E-state index contributed by atoms with van der Waals surface area (Å²) in [5.41, 5.74) is 0.547. The molecule has 3 aromatic rings. The quantitative estimate of drug-likeness (QED) is 0.699. The average Bonchev–Trinajstić information content (AvgIpc) is 2.87. The molecule has 0 aliphatic carbocycles. The van der Waals surface area contributed by atoms with Crippen LogP contribution >= 0.6 is 11.8 Å². The van der Waals surface area contributed by atoms with Crippen molar-refractivity contribution in [1.82, 2.24) is 4.98 Å². The molecule has 3 rings (SSSR count). The van der Waals surface area contributed by atoms with E-state index in [0.717, 1.165) is 17.0 Å². The van der Waals surface area contributed by atoms with Crippen LogP contribution in [0.15, 0.2) is 52.3 Å². The molecule has 3 nitrogen and oxygen atoms in total. The van der Waals surface area contributed by atoms with Gasteiger partial charge in [-0.3, -0.25) is 0 Å². The Bertz CT molecular complexity index is 862. The lowest BCUT2D eigenvalue weighted by Crippen LogP contribution is -2.06. The topological polar surface area (TPSA) is 42.1 Å². The average molecular weight is 333 g/mol. The van der Waals surface area contributed by atoms with Crippen molar-refractivity contribution in [2.75, 3.05) is 6.61 Å². The summed E-state index contributed by atoms with van der Waals surface area (Å²) < 4.78 is 32.1. The van der Waals surface area contributed by atoms with Crippen LogP contribution in [0.5, 0.6) is 0 Å². The zero-order chi connectivity index (χ0) is 16.4. The van der Waals surface area contributed by atoms with E-state index in [-0.39, 0.29) is 12.3 Å². The first-order valence-electron chi connectivity index (χ1n) is 7.01. The number of aromatic nitrogens is 1. The standard InChI is InChI=1S/C17H13F2NO2S/c1-2-22-17(21)15-16(23-10-6-4-3-5-7-10)11-8-12(18)13(19)9-14(11)20-15/h3-9,20H,2H2,1H3. The van der Waals surface area contributed by atoms with Gasteiger partial charge in [-0.15, -0.1) is 0 Å². The first-order chi connectivity index (χ1) is 11.1. The van der Waals surface area contributed by atoms with Crippen molar-refractivity contribution >= 4 is 28.6 Å². The van der Waals surface area contributed by atoms with Gasteiger partial charge in [-0.2, -0.15) is 0 Å². The molecule has 1 aromatic heterocycles. The molecule has 0 aliphatic rings. The number of esters is 1. The number of halogens is 2. The molecule has 0 bridgehead atoms. The summed E-state index contributed by atoms with van der Waals surface area (Å²) in [6.45, 7) is 1.91. The lowest BCUT2D eigenvalue weighted by atomic mass is 10.2. The van der Waals surface area contributed by atoms with Gasteiger partial charge in [-0.1, -0.05) is 30.0 Å². The van der Waals surface area contributed by atoms with Crippen LogP contribution in [0.1, 0.15) is 17.4 Å². The molecule has 1 N–H and O–H groups in total. The molecule has 0 aliphatic heterocycles. The highest BCUT2D eigenvalue weighted by Crippen LogP contribution is 2.37. The predicted octanol–water partition coefficient (Wildman–Crippen LogP) is 4.77. The van der Waals surface area contributed by atoms with Crippen LogP contribution in [0.3, 0.4) is 0 Å². The minimum atomic E-state index is -0.967. The van der Waals surface area contributed by atoms with E-state index in [1.807, 2.05) is 30.3 Å². The number of carbonyl (C=O) groups excluding carboxylic acids is 1. The predicted molar refractivity (Wildman–Crippen MR) is 84.7 cm³/mol. The number of nitrogens with one attached hydrogen (secondary N) is 1. The number of aromatic amines is 1. The number of H-pyrrole nitrogens is 1. The minimum absolute atomic E-state index is 0.195. The van der Waals surface area contributed by atoms with Gasteiger partial charge in [-0.05, 0) is 25.1 Å². The van der Waals surface area contributed by atoms with Gasteiger partial charge in [0.1, 0.15) is 5.69 Å². The maximum absolute atomic E-state index is 13.6. The highest BCUT2D eigenvalue weighted by Gasteiger charge is 2.21. The number of hydrogen-bond acceptors (Lipinski definition) is 3. The van der Waals surface area contributed by atoms with Crippen molar-refractivity contribution in [3.05, 3.63) is 59.8 Å².